The lowest BCUT2D eigenvalue weighted by Crippen LogP contribution is -2.17. The van der Waals surface area contributed by atoms with Gasteiger partial charge in [0.15, 0.2) is 0 Å². The first-order valence-electron chi connectivity index (χ1n) is 9.80. The number of H-pyrrole nitrogens is 1. The predicted octanol–water partition coefficient (Wildman–Crippen LogP) is 7.36. The maximum Gasteiger partial charge on any atom is 0.0697 e. The molecule has 1 aliphatic rings. The van der Waals surface area contributed by atoms with Crippen LogP contribution in [0.1, 0.15) is 0 Å². The zero-order chi connectivity index (χ0) is 19.2. The molecule has 0 atom stereocenters. The second-order valence-corrected chi connectivity index (χ2v) is 7.31. The summed E-state index contributed by atoms with van der Waals surface area (Å²) in [6.45, 7) is 0. The van der Waals surface area contributed by atoms with Crippen molar-refractivity contribution >= 4 is 39.3 Å². The number of aromatic amines is 1. The molecule has 0 unspecified atom stereocenters. The normalized spacial score (nSPS) is 12.3. The van der Waals surface area contributed by atoms with Gasteiger partial charge in [0.05, 0.1) is 22.7 Å². The van der Waals surface area contributed by atoms with E-state index in [1.165, 1.54) is 10.9 Å². The molecule has 2 heterocycles. The molecular formula is C26H19N3. The van der Waals surface area contributed by atoms with Crippen molar-refractivity contribution < 1.29 is 0 Å². The van der Waals surface area contributed by atoms with Gasteiger partial charge in [-0.25, -0.2) is 0 Å². The van der Waals surface area contributed by atoms with Gasteiger partial charge in [0.25, 0.3) is 0 Å². The van der Waals surface area contributed by atoms with Crippen molar-refractivity contribution in [2.24, 2.45) is 0 Å². The van der Waals surface area contributed by atoms with Gasteiger partial charge in [-0.2, -0.15) is 0 Å². The molecule has 0 aliphatic carbocycles. The summed E-state index contributed by atoms with van der Waals surface area (Å²) in [6.07, 6.45) is 0. The van der Waals surface area contributed by atoms with Crippen LogP contribution in [0.5, 0.6) is 0 Å². The van der Waals surface area contributed by atoms with Crippen LogP contribution in [0.2, 0.25) is 0 Å². The van der Waals surface area contributed by atoms with Gasteiger partial charge >= 0.3 is 0 Å². The van der Waals surface area contributed by atoms with Crippen molar-refractivity contribution in [2.45, 2.75) is 0 Å². The molecule has 2 N–H and O–H groups in total. The van der Waals surface area contributed by atoms with E-state index in [2.05, 4.69) is 118 Å². The second kappa shape index (κ2) is 6.28. The van der Waals surface area contributed by atoms with E-state index in [4.69, 9.17) is 0 Å². The summed E-state index contributed by atoms with van der Waals surface area (Å²) >= 11 is 0. The SMILES string of the molecule is c1ccc2c(c1)Nc1ccccc1N2c1ccc(-c2cc3ccccc3[nH]2)cc1. The number of para-hydroxylation sites is 5. The number of hydrogen-bond donors (Lipinski definition) is 2. The first kappa shape index (κ1) is 16.0. The molecular weight excluding hydrogens is 354 g/mol. The van der Waals surface area contributed by atoms with Gasteiger partial charge in [0, 0.05) is 22.3 Å². The molecule has 0 saturated carbocycles. The molecule has 6 rings (SSSR count). The quantitative estimate of drug-likeness (QED) is 0.332. The number of aromatic nitrogens is 1. The lowest BCUT2D eigenvalue weighted by molar-refractivity contribution is 1.25. The fraction of sp³-hybridized carbons (Fsp3) is 0. The zero-order valence-electron chi connectivity index (χ0n) is 15.8. The number of benzene rings is 4. The van der Waals surface area contributed by atoms with Crippen LogP contribution in [0.25, 0.3) is 22.2 Å². The van der Waals surface area contributed by atoms with Crippen LogP contribution in [0.4, 0.5) is 28.4 Å². The summed E-state index contributed by atoms with van der Waals surface area (Å²) < 4.78 is 0. The molecule has 4 aromatic carbocycles. The Labute approximate surface area is 169 Å². The van der Waals surface area contributed by atoms with Gasteiger partial charge in [-0.15, -0.1) is 0 Å². The molecule has 138 valence electrons. The van der Waals surface area contributed by atoms with Crippen molar-refractivity contribution in [2.75, 3.05) is 10.2 Å². The number of fused-ring (bicyclic) bond motifs is 3. The summed E-state index contributed by atoms with van der Waals surface area (Å²) in [6, 6.07) is 36.2. The van der Waals surface area contributed by atoms with E-state index < -0.39 is 0 Å². The number of nitrogens with zero attached hydrogens (tertiary/aromatic N) is 1. The third-order valence-electron chi connectivity index (χ3n) is 5.53. The molecule has 3 heteroatoms. The summed E-state index contributed by atoms with van der Waals surface area (Å²) in [7, 11) is 0. The van der Waals surface area contributed by atoms with Crippen LogP contribution in [0.15, 0.2) is 103 Å². The number of anilines is 5. The largest absolute Gasteiger partial charge is 0.355 e. The van der Waals surface area contributed by atoms with E-state index in [9.17, 15) is 0 Å². The van der Waals surface area contributed by atoms with Gasteiger partial charge in [0.2, 0.25) is 0 Å². The van der Waals surface area contributed by atoms with E-state index in [-0.39, 0.29) is 0 Å². The van der Waals surface area contributed by atoms with Crippen LogP contribution in [-0.4, -0.2) is 4.98 Å². The van der Waals surface area contributed by atoms with Crippen molar-refractivity contribution in [1.29, 1.82) is 0 Å². The van der Waals surface area contributed by atoms with Crippen LogP contribution < -0.4 is 10.2 Å². The molecule has 0 amide bonds. The highest BCUT2D eigenvalue weighted by atomic mass is 15.2. The van der Waals surface area contributed by atoms with E-state index >= 15 is 0 Å². The van der Waals surface area contributed by atoms with Gasteiger partial charge in [-0.05, 0) is 54.1 Å². The summed E-state index contributed by atoms with van der Waals surface area (Å²) in [5.41, 5.74) is 9.18. The van der Waals surface area contributed by atoms with E-state index in [0.717, 1.165) is 39.6 Å². The monoisotopic (exact) mass is 373 g/mol. The highest BCUT2D eigenvalue weighted by Gasteiger charge is 2.23. The molecule has 0 radical (unpaired) electrons. The minimum absolute atomic E-state index is 1.12. The second-order valence-electron chi connectivity index (χ2n) is 7.31. The average molecular weight is 373 g/mol. The summed E-state index contributed by atoms with van der Waals surface area (Å²) in [5.74, 6) is 0. The van der Waals surface area contributed by atoms with Gasteiger partial charge in [-0.3, -0.25) is 0 Å². The molecule has 3 nitrogen and oxygen atoms in total. The van der Waals surface area contributed by atoms with Crippen molar-refractivity contribution in [3.8, 4) is 11.3 Å². The highest BCUT2D eigenvalue weighted by molar-refractivity contribution is 5.96. The maximum atomic E-state index is 3.55. The Morgan fingerprint density at radius 2 is 1.21 bits per heavy atom. The van der Waals surface area contributed by atoms with E-state index in [1.807, 2.05) is 0 Å². The van der Waals surface area contributed by atoms with Crippen LogP contribution >= 0.6 is 0 Å². The Morgan fingerprint density at radius 1 is 0.586 bits per heavy atom. The molecule has 1 aliphatic heterocycles. The predicted molar refractivity (Wildman–Crippen MR) is 122 cm³/mol. The number of rotatable bonds is 2. The topological polar surface area (TPSA) is 31.1 Å². The molecule has 0 fully saturated rings. The lowest BCUT2D eigenvalue weighted by atomic mass is 10.1. The minimum Gasteiger partial charge on any atom is -0.355 e. The third kappa shape index (κ3) is 2.59. The molecule has 29 heavy (non-hydrogen) atoms. The van der Waals surface area contributed by atoms with Crippen molar-refractivity contribution in [3.05, 3.63) is 103 Å². The lowest BCUT2D eigenvalue weighted by Gasteiger charge is -2.34. The Kier molecular flexibility index (Phi) is 3.47. The Morgan fingerprint density at radius 3 is 1.90 bits per heavy atom. The molecule has 5 aromatic rings. The maximum absolute atomic E-state index is 3.55. The summed E-state index contributed by atoms with van der Waals surface area (Å²) in [5, 5.41) is 4.78. The number of hydrogen-bond acceptors (Lipinski definition) is 2. The van der Waals surface area contributed by atoms with E-state index in [0.29, 0.717) is 0 Å². The third-order valence-corrected chi connectivity index (χ3v) is 5.53. The van der Waals surface area contributed by atoms with Crippen molar-refractivity contribution in [1.82, 2.24) is 4.98 Å². The molecule has 0 saturated heterocycles. The van der Waals surface area contributed by atoms with Crippen LogP contribution in [-0.2, 0) is 0 Å². The Bertz CT molecular complexity index is 1250. The average Bonchev–Trinajstić information content (AvgIpc) is 3.22. The van der Waals surface area contributed by atoms with Crippen LogP contribution in [0, 0.1) is 0 Å². The molecule has 0 bridgehead atoms. The number of nitrogens with one attached hydrogen (secondary N) is 2. The Balaban J connectivity index is 1.44. The van der Waals surface area contributed by atoms with Gasteiger partial charge in [0.1, 0.15) is 0 Å². The summed E-state index contributed by atoms with van der Waals surface area (Å²) in [4.78, 5) is 5.83. The molecule has 1 aromatic heterocycles. The van der Waals surface area contributed by atoms with Crippen LogP contribution in [0.3, 0.4) is 0 Å². The standard InChI is InChI=1S/C26H19N3/c1-2-8-21-19(7-1)17-24(27-21)18-13-15-20(16-14-18)29-25-11-5-3-9-22(25)28-23-10-4-6-12-26(23)29/h1-17,27-28H. The zero-order valence-corrected chi connectivity index (χ0v) is 15.8. The first-order valence-corrected chi connectivity index (χ1v) is 9.80. The van der Waals surface area contributed by atoms with Gasteiger partial charge in [-0.1, -0.05) is 54.6 Å². The molecule has 0 spiro atoms. The van der Waals surface area contributed by atoms with Crippen molar-refractivity contribution in [3.63, 3.8) is 0 Å². The Hall–Kier alpha value is -3.98. The fourth-order valence-corrected chi connectivity index (χ4v) is 4.12. The fourth-order valence-electron chi connectivity index (χ4n) is 4.12. The first-order chi connectivity index (χ1) is 14.4. The van der Waals surface area contributed by atoms with E-state index in [1.54, 1.807) is 0 Å². The smallest absolute Gasteiger partial charge is 0.0697 e. The minimum atomic E-state index is 1.12. The highest BCUT2D eigenvalue weighted by Crippen LogP contribution is 2.47. The van der Waals surface area contributed by atoms with Gasteiger partial charge < -0.3 is 15.2 Å².